The minimum absolute atomic E-state index is 0. The molecule has 0 saturated heterocycles. The maximum Gasteiger partial charge on any atom is 0.0229 e. The first-order chi connectivity index (χ1) is 6.88. The normalized spacial score (nSPS) is 9.67. The summed E-state index contributed by atoms with van der Waals surface area (Å²) < 4.78 is 8.08. The molecule has 0 aliphatic carbocycles. The van der Waals surface area contributed by atoms with Crippen LogP contribution in [0.4, 0.5) is 0 Å². The average Bonchev–Trinajstić information content (AvgIpc) is 2.30. The molecule has 0 saturated carbocycles. The van der Waals surface area contributed by atoms with Crippen LogP contribution in [0.3, 0.4) is 0 Å². The summed E-state index contributed by atoms with van der Waals surface area (Å²) in [4.78, 5) is 2.14. The highest BCUT2D eigenvalue weighted by atomic mass is 32.2. The molecule has 2 aromatic rings. The van der Waals surface area contributed by atoms with Crippen molar-refractivity contribution in [1.82, 2.24) is 0 Å². The first kappa shape index (κ1) is 11.6. The van der Waals surface area contributed by atoms with Gasteiger partial charge in [0.15, 0.2) is 0 Å². The molecule has 0 fully saturated rings. The molecular formula is C12H13NOS. The van der Waals surface area contributed by atoms with Crippen LogP contribution in [0.15, 0.2) is 70.5 Å². The molecule has 2 aromatic carbocycles. The zero-order valence-electron chi connectivity index (χ0n) is 8.18. The summed E-state index contributed by atoms with van der Waals surface area (Å²) in [5, 5.41) is 0. The molecule has 2 nitrogen and oxygen atoms in total. The largest absolute Gasteiger partial charge is 0.412 e. The van der Waals surface area contributed by atoms with Crippen molar-refractivity contribution in [1.29, 1.82) is 4.78 Å². The van der Waals surface area contributed by atoms with Gasteiger partial charge in [0.25, 0.3) is 0 Å². The van der Waals surface area contributed by atoms with Crippen molar-refractivity contribution in [3.05, 3.63) is 60.7 Å². The fourth-order valence-corrected chi connectivity index (χ4v) is 2.38. The summed E-state index contributed by atoms with van der Waals surface area (Å²) in [6.45, 7) is 0. The number of benzene rings is 2. The molecular weight excluding hydrogens is 206 g/mol. The van der Waals surface area contributed by atoms with Gasteiger partial charge in [-0.2, -0.15) is 0 Å². The first-order valence-corrected chi connectivity index (χ1v) is 5.66. The van der Waals surface area contributed by atoms with E-state index in [9.17, 15) is 0 Å². The van der Waals surface area contributed by atoms with Crippen molar-refractivity contribution >= 4 is 10.7 Å². The van der Waals surface area contributed by atoms with Crippen molar-refractivity contribution in [2.24, 2.45) is 0 Å². The minimum Gasteiger partial charge on any atom is -0.412 e. The Bertz CT molecular complexity index is 386. The maximum absolute atomic E-state index is 8.08. The van der Waals surface area contributed by atoms with Crippen LogP contribution >= 0.6 is 0 Å². The van der Waals surface area contributed by atoms with E-state index in [1.807, 2.05) is 60.7 Å². The van der Waals surface area contributed by atoms with E-state index in [0.29, 0.717) is 0 Å². The Morgan fingerprint density at radius 3 is 1.33 bits per heavy atom. The van der Waals surface area contributed by atoms with Crippen LogP contribution < -0.4 is 0 Å². The third-order valence-electron chi connectivity index (χ3n) is 1.96. The van der Waals surface area contributed by atoms with Crippen LogP contribution in [0.2, 0.25) is 0 Å². The Balaban J connectivity index is 0.00000112. The third-order valence-corrected chi connectivity index (χ3v) is 3.44. The van der Waals surface area contributed by atoms with E-state index in [1.165, 1.54) is 0 Å². The lowest BCUT2D eigenvalue weighted by atomic mass is 10.4. The molecule has 0 aliphatic heterocycles. The Labute approximate surface area is 91.8 Å². The molecule has 0 heterocycles. The van der Waals surface area contributed by atoms with E-state index >= 15 is 0 Å². The van der Waals surface area contributed by atoms with Gasteiger partial charge in [0.1, 0.15) is 0 Å². The van der Waals surface area contributed by atoms with Crippen molar-refractivity contribution in [2.45, 2.75) is 9.79 Å². The van der Waals surface area contributed by atoms with Gasteiger partial charge in [-0.3, -0.25) is 4.78 Å². The number of nitrogens with one attached hydrogen (secondary N) is 1. The van der Waals surface area contributed by atoms with Gasteiger partial charge in [-0.25, -0.2) is 0 Å². The molecule has 15 heavy (non-hydrogen) atoms. The van der Waals surface area contributed by atoms with E-state index in [0.717, 1.165) is 9.79 Å². The van der Waals surface area contributed by atoms with Gasteiger partial charge < -0.3 is 5.48 Å². The van der Waals surface area contributed by atoms with Gasteiger partial charge in [-0.1, -0.05) is 36.4 Å². The van der Waals surface area contributed by atoms with Gasteiger partial charge in [-0.05, 0) is 35.0 Å². The molecule has 2 rings (SSSR count). The lowest BCUT2D eigenvalue weighted by Crippen LogP contribution is -1.89. The summed E-state index contributed by atoms with van der Waals surface area (Å²) in [6.07, 6.45) is 0. The van der Waals surface area contributed by atoms with E-state index in [4.69, 9.17) is 4.78 Å². The minimum atomic E-state index is -0.547. The zero-order chi connectivity index (χ0) is 9.80. The smallest absolute Gasteiger partial charge is 0.0229 e. The third kappa shape index (κ3) is 2.75. The van der Waals surface area contributed by atoms with Gasteiger partial charge in [0.2, 0.25) is 0 Å². The second-order valence-corrected chi connectivity index (χ2v) is 4.49. The number of hydrogen-bond acceptors (Lipinski definition) is 1. The van der Waals surface area contributed by atoms with Crippen LogP contribution in [-0.4, -0.2) is 5.48 Å². The molecule has 78 valence electrons. The SMILES string of the molecule is N=S(c1ccccc1)c1ccccc1.O. The second kappa shape index (κ2) is 5.44. The van der Waals surface area contributed by atoms with Gasteiger partial charge in [0.05, 0.1) is 0 Å². The fourth-order valence-electron chi connectivity index (χ4n) is 1.25. The van der Waals surface area contributed by atoms with E-state index in [1.54, 1.807) is 0 Å². The Morgan fingerprint density at radius 1 is 0.667 bits per heavy atom. The van der Waals surface area contributed by atoms with Crippen molar-refractivity contribution in [3.8, 4) is 0 Å². The number of rotatable bonds is 2. The topological polar surface area (TPSA) is 55.4 Å². The fraction of sp³-hybridized carbons (Fsp3) is 0. The predicted molar refractivity (Wildman–Crippen MR) is 63.1 cm³/mol. The molecule has 0 aliphatic rings. The van der Waals surface area contributed by atoms with E-state index in [2.05, 4.69) is 0 Å². The van der Waals surface area contributed by atoms with E-state index < -0.39 is 10.7 Å². The molecule has 0 spiro atoms. The van der Waals surface area contributed by atoms with Crippen LogP contribution in [-0.2, 0) is 10.7 Å². The Hall–Kier alpha value is -1.45. The standard InChI is InChI=1S/C12H11NS.H2O/c13-14(11-7-3-1-4-8-11)12-9-5-2-6-10-12;/h1-10,13H;1H2. The summed E-state index contributed by atoms with van der Waals surface area (Å²) in [7, 11) is -0.547. The molecule has 3 heteroatoms. The average molecular weight is 219 g/mol. The Morgan fingerprint density at radius 2 is 1.00 bits per heavy atom. The molecule has 0 amide bonds. The summed E-state index contributed by atoms with van der Waals surface area (Å²) in [6, 6.07) is 19.9. The van der Waals surface area contributed by atoms with Crippen LogP contribution in [0.5, 0.6) is 0 Å². The molecule has 0 aromatic heterocycles. The molecule has 0 bridgehead atoms. The highest BCUT2D eigenvalue weighted by Crippen LogP contribution is 2.15. The van der Waals surface area contributed by atoms with Crippen molar-refractivity contribution in [3.63, 3.8) is 0 Å². The van der Waals surface area contributed by atoms with Crippen molar-refractivity contribution in [2.75, 3.05) is 0 Å². The van der Waals surface area contributed by atoms with Gasteiger partial charge in [-0.15, -0.1) is 0 Å². The monoisotopic (exact) mass is 219 g/mol. The molecule has 3 N–H and O–H groups in total. The van der Waals surface area contributed by atoms with E-state index in [-0.39, 0.29) is 5.48 Å². The zero-order valence-corrected chi connectivity index (χ0v) is 9.00. The van der Waals surface area contributed by atoms with Gasteiger partial charge in [0, 0.05) is 9.79 Å². The van der Waals surface area contributed by atoms with Crippen LogP contribution in [0, 0.1) is 4.78 Å². The van der Waals surface area contributed by atoms with Crippen LogP contribution in [0.25, 0.3) is 0 Å². The van der Waals surface area contributed by atoms with Crippen molar-refractivity contribution < 1.29 is 5.48 Å². The molecule has 0 radical (unpaired) electrons. The highest BCUT2D eigenvalue weighted by Gasteiger charge is 1.99. The highest BCUT2D eigenvalue weighted by molar-refractivity contribution is 7.86. The number of hydrogen-bond donors (Lipinski definition) is 1. The second-order valence-electron chi connectivity index (χ2n) is 2.93. The summed E-state index contributed by atoms with van der Waals surface area (Å²) in [5.41, 5.74) is 0. The molecule has 0 atom stereocenters. The predicted octanol–water partition coefficient (Wildman–Crippen LogP) is 2.66. The quantitative estimate of drug-likeness (QED) is 0.807. The Kier molecular flexibility index (Phi) is 4.21. The first-order valence-electron chi connectivity index (χ1n) is 4.43. The molecule has 0 unspecified atom stereocenters. The summed E-state index contributed by atoms with van der Waals surface area (Å²) in [5.74, 6) is 0. The lowest BCUT2D eigenvalue weighted by molar-refractivity contribution is 0.824. The maximum atomic E-state index is 8.08. The van der Waals surface area contributed by atoms with Crippen LogP contribution in [0.1, 0.15) is 0 Å². The summed E-state index contributed by atoms with van der Waals surface area (Å²) >= 11 is 0. The lowest BCUT2D eigenvalue weighted by Gasteiger charge is -2.04. The van der Waals surface area contributed by atoms with Gasteiger partial charge >= 0.3 is 0 Å².